The van der Waals surface area contributed by atoms with E-state index in [1.54, 1.807) is 6.92 Å². The first kappa shape index (κ1) is 23.0. The number of ether oxygens (including phenoxy) is 4. The topological polar surface area (TPSA) is 71.1 Å². The maximum atomic E-state index is 11.4. The van der Waals surface area contributed by atoms with Crippen LogP contribution in [-0.2, 0) is 20.7 Å². The van der Waals surface area contributed by atoms with Crippen LogP contribution in [0.1, 0.15) is 83.1 Å². The molecule has 6 heteroatoms. The summed E-state index contributed by atoms with van der Waals surface area (Å²) in [6.07, 6.45) is 12.0. The summed E-state index contributed by atoms with van der Waals surface area (Å²) >= 11 is 0. The molecular weight excluding hydrogens is 372 g/mol. The molecule has 1 aromatic carbocycles. The molecule has 0 radical (unpaired) electrons. The van der Waals surface area contributed by atoms with Crippen molar-refractivity contribution < 1.29 is 28.5 Å². The molecule has 29 heavy (non-hydrogen) atoms. The predicted octanol–water partition coefficient (Wildman–Crippen LogP) is 5.95. The van der Waals surface area contributed by atoms with Crippen molar-refractivity contribution in [3.05, 3.63) is 23.8 Å². The molecule has 0 amide bonds. The quantitative estimate of drug-likeness (QED) is 0.216. The van der Waals surface area contributed by atoms with Crippen LogP contribution in [0.3, 0.4) is 0 Å². The zero-order chi connectivity index (χ0) is 20.7. The summed E-state index contributed by atoms with van der Waals surface area (Å²) in [5, 5.41) is 0. The summed E-state index contributed by atoms with van der Waals surface area (Å²) in [6, 6.07) is 6.12. The summed E-state index contributed by atoms with van der Waals surface area (Å²) < 4.78 is 20.1. The third-order valence-corrected chi connectivity index (χ3v) is 5.01. The van der Waals surface area contributed by atoms with Gasteiger partial charge in [0, 0.05) is 6.42 Å². The second-order valence-corrected chi connectivity index (χ2v) is 7.34. The number of esters is 1. The Morgan fingerprint density at radius 3 is 2.24 bits per heavy atom. The van der Waals surface area contributed by atoms with Gasteiger partial charge in [0.05, 0.1) is 6.61 Å². The highest BCUT2D eigenvalue weighted by atomic mass is 16.7. The number of rotatable bonds is 14. The molecule has 0 fully saturated rings. The molecular formula is C23H34O6. The SMILES string of the molecule is CCOC(=O)OC(=O)CCCCCCCCCCCCc1cccc2c1OCO2. The number of carbonyl (C=O) groups is 2. The van der Waals surface area contributed by atoms with E-state index in [2.05, 4.69) is 15.5 Å². The molecule has 0 bridgehead atoms. The van der Waals surface area contributed by atoms with E-state index in [4.69, 9.17) is 9.47 Å². The minimum Gasteiger partial charge on any atom is -0.454 e. The Labute approximate surface area is 173 Å². The van der Waals surface area contributed by atoms with E-state index < -0.39 is 12.1 Å². The van der Waals surface area contributed by atoms with Gasteiger partial charge in [-0.25, -0.2) is 4.79 Å². The van der Waals surface area contributed by atoms with Crippen molar-refractivity contribution in [3.63, 3.8) is 0 Å². The smallest absolute Gasteiger partial charge is 0.454 e. The Morgan fingerprint density at radius 2 is 1.55 bits per heavy atom. The van der Waals surface area contributed by atoms with Crippen molar-refractivity contribution in [2.24, 2.45) is 0 Å². The number of hydrogen-bond acceptors (Lipinski definition) is 6. The second-order valence-electron chi connectivity index (χ2n) is 7.34. The lowest BCUT2D eigenvalue weighted by Crippen LogP contribution is -2.13. The standard InChI is InChI=1S/C23H34O6/c1-2-26-23(25)29-21(24)17-12-10-8-6-4-3-5-7-9-11-14-19-15-13-16-20-22(19)28-18-27-20/h13,15-16H,2-12,14,17-18H2,1H3. The van der Waals surface area contributed by atoms with Crippen molar-refractivity contribution in [2.45, 2.75) is 84.0 Å². The molecule has 0 unspecified atom stereocenters. The van der Waals surface area contributed by atoms with Crippen LogP contribution in [0, 0.1) is 0 Å². The van der Waals surface area contributed by atoms with Crippen LogP contribution < -0.4 is 9.47 Å². The third-order valence-electron chi connectivity index (χ3n) is 5.01. The lowest BCUT2D eigenvalue weighted by molar-refractivity contribution is -0.139. The van der Waals surface area contributed by atoms with Crippen LogP contribution >= 0.6 is 0 Å². The molecule has 0 saturated carbocycles. The maximum Gasteiger partial charge on any atom is 0.516 e. The maximum absolute atomic E-state index is 11.4. The van der Waals surface area contributed by atoms with Crippen molar-refractivity contribution >= 4 is 12.1 Å². The van der Waals surface area contributed by atoms with Crippen molar-refractivity contribution in [1.82, 2.24) is 0 Å². The van der Waals surface area contributed by atoms with E-state index >= 15 is 0 Å². The molecule has 1 aliphatic heterocycles. The molecule has 1 aliphatic rings. The van der Waals surface area contributed by atoms with Gasteiger partial charge in [0.2, 0.25) is 6.79 Å². The monoisotopic (exact) mass is 406 g/mol. The molecule has 162 valence electrons. The molecule has 1 aromatic rings. The number of carbonyl (C=O) groups excluding carboxylic acids is 2. The van der Waals surface area contributed by atoms with Gasteiger partial charge in [-0.15, -0.1) is 0 Å². The molecule has 6 nitrogen and oxygen atoms in total. The average Bonchev–Trinajstić information content (AvgIpc) is 3.18. The van der Waals surface area contributed by atoms with Crippen molar-refractivity contribution in [2.75, 3.05) is 13.4 Å². The molecule has 0 atom stereocenters. The zero-order valence-corrected chi connectivity index (χ0v) is 17.6. The fourth-order valence-electron chi connectivity index (χ4n) is 3.48. The Balaban J connectivity index is 1.36. The van der Waals surface area contributed by atoms with E-state index in [0.29, 0.717) is 6.79 Å². The van der Waals surface area contributed by atoms with Gasteiger partial charge < -0.3 is 18.9 Å². The summed E-state index contributed by atoms with van der Waals surface area (Å²) in [6.45, 7) is 2.22. The molecule has 1 heterocycles. The van der Waals surface area contributed by atoms with E-state index in [1.807, 2.05) is 12.1 Å². The first-order chi connectivity index (χ1) is 14.2. The van der Waals surface area contributed by atoms with Gasteiger partial charge in [-0.3, -0.25) is 4.79 Å². The first-order valence-electron chi connectivity index (χ1n) is 11.0. The average molecular weight is 407 g/mol. The summed E-state index contributed by atoms with van der Waals surface area (Å²) in [4.78, 5) is 22.4. The molecule has 0 aromatic heterocycles. The highest BCUT2D eigenvalue weighted by molar-refractivity contribution is 5.81. The molecule has 0 aliphatic carbocycles. The van der Waals surface area contributed by atoms with Gasteiger partial charge in [0.25, 0.3) is 0 Å². The van der Waals surface area contributed by atoms with Crippen LogP contribution in [0.25, 0.3) is 0 Å². The lowest BCUT2D eigenvalue weighted by atomic mass is 10.0. The van der Waals surface area contributed by atoms with E-state index in [1.165, 1.54) is 50.5 Å². The Bertz CT molecular complexity index is 628. The van der Waals surface area contributed by atoms with E-state index in [0.717, 1.165) is 37.2 Å². The predicted molar refractivity (Wildman–Crippen MR) is 110 cm³/mol. The number of para-hydroxylation sites is 1. The Kier molecular flexibility index (Phi) is 11.0. The second kappa shape index (κ2) is 13.9. The van der Waals surface area contributed by atoms with Gasteiger partial charge in [-0.1, -0.05) is 63.5 Å². The summed E-state index contributed by atoms with van der Waals surface area (Å²) in [7, 11) is 0. The van der Waals surface area contributed by atoms with Crippen LogP contribution in [-0.4, -0.2) is 25.5 Å². The van der Waals surface area contributed by atoms with Gasteiger partial charge in [-0.2, -0.15) is 0 Å². The summed E-state index contributed by atoms with van der Waals surface area (Å²) in [5.74, 6) is 1.31. The number of fused-ring (bicyclic) bond motifs is 1. The third kappa shape index (κ3) is 9.20. The van der Waals surface area contributed by atoms with Gasteiger partial charge in [0.1, 0.15) is 0 Å². The van der Waals surface area contributed by atoms with Crippen molar-refractivity contribution in [1.29, 1.82) is 0 Å². The molecule has 0 saturated heterocycles. The van der Waals surface area contributed by atoms with E-state index in [-0.39, 0.29) is 13.0 Å². The van der Waals surface area contributed by atoms with Gasteiger partial charge in [0.15, 0.2) is 11.5 Å². The van der Waals surface area contributed by atoms with Crippen LogP contribution in [0.5, 0.6) is 11.5 Å². The number of aryl methyl sites for hydroxylation is 1. The van der Waals surface area contributed by atoms with Crippen LogP contribution in [0.4, 0.5) is 4.79 Å². The molecule has 0 N–H and O–H groups in total. The van der Waals surface area contributed by atoms with E-state index in [9.17, 15) is 9.59 Å². The number of benzene rings is 1. The van der Waals surface area contributed by atoms with Crippen LogP contribution in [0.2, 0.25) is 0 Å². The Morgan fingerprint density at radius 1 is 0.897 bits per heavy atom. The number of hydrogen-bond donors (Lipinski definition) is 0. The van der Waals surface area contributed by atoms with Crippen molar-refractivity contribution in [3.8, 4) is 11.5 Å². The lowest BCUT2D eigenvalue weighted by Gasteiger charge is -2.06. The highest BCUT2D eigenvalue weighted by Crippen LogP contribution is 2.36. The zero-order valence-electron chi connectivity index (χ0n) is 17.6. The highest BCUT2D eigenvalue weighted by Gasteiger charge is 2.16. The fourth-order valence-corrected chi connectivity index (χ4v) is 3.48. The minimum atomic E-state index is -0.896. The normalized spacial score (nSPS) is 12.0. The molecule has 2 rings (SSSR count). The molecule has 0 spiro atoms. The minimum absolute atomic E-state index is 0.214. The Hall–Kier alpha value is -2.24. The summed E-state index contributed by atoms with van der Waals surface area (Å²) in [5.41, 5.74) is 1.26. The number of unbranched alkanes of at least 4 members (excludes halogenated alkanes) is 9. The van der Waals surface area contributed by atoms with Gasteiger partial charge >= 0.3 is 12.1 Å². The first-order valence-corrected chi connectivity index (χ1v) is 11.0. The largest absolute Gasteiger partial charge is 0.516 e. The fraction of sp³-hybridized carbons (Fsp3) is 0.652. The van der Waals surface area contributed by atoms with Gasteiger partial charge in [-0.05, 0) is 37.8 Å². The van der Waals surface area contributed by atoms with Crippen LogP contribution in [0.15, 0.2) is 18.2 Å².